The van der Waals surface area contributed by atoms with Crippen LogP contribution in [0.1, 0.15) is 45.1 Å². The van der Waals surface area contributed by atoms with Gasteiger partial charge in [0.15, 0.2) is 5.16 Å². The van der Waals surface area contributed by atoms with Crippen molar-refractivity contribution in [3.05, 3.63) is 62.9 Å². The van der Waals surface area contributed by atoms with Gasteiger partial charge in [0.1, 0.15) is 5.75 Å². The van der Waals surface area contributed by atoms with E-state index in [0.717, 1.165) is 32.1 Å². The second kappa shape index (κ2) is 10.3. The summed E-state index contributed by atoms with van der Waals surface area (Å²) in [6.07, 6.45) is 5.06. The first-order chi connectivity index (χ1) is 16.4. The molecular formula is C24H26N4O5S. The van der Waals surface area contributed by atoms with Crippen LogP contribution in [0.4, 0.5) is 11.4 Å². The van der Waals surface area contributed by atoms with E-state index in [1.54, 1.807) is 23.6 Å². The molecule has 0 bridgehead atoms. The van der Waals surface area contributed by atoms with Crippen LogP contribution in [0.25, 0.3) is 10.9 Å². The number of amides is 1. The number of nitro benzene ring substituents is 1. The van der Waals surface area contributed by atoms with Gasteiger partial charge in [0, 0.05) is 18.2 Å². The molecule has 34 heavy (non-hydrogen) atoms. The number of hydrogen-bond donors (Lipinski definition) is 1. The van der Waals surface area contributed by atoms with Gasteiger partial charge in [-0.3, -0.25) is 24.3 Å². The summed E-state index contributed by atoms with van der Waals surface area (Å²) < 4.78 is 6.99. The number of non-ortho nitro benzene ring substituents is 1. The van der Waals surface area contributed by atoms with Crippen molar-refractivity contribution in [1.82, 2.24) is 9.55 Å². The van der Waals surface area contributed by atoms with Gasteiger partial charge in [-0.2, -0.15) is 0 Å². The molecule has 1 heterocycles. The van der Waals surface area contributed by atoms with Crippen molar-refractivity contribution in [2.24, 2.45) is 0 Å². The van der Waals surface area contributed by atoms with Crippen LogP contribution < -0.4 is 15.6 Å². The number of ether oxygens (including phenoxy) is 1. The molecule has 0 radical (unpaired) electrons. The lowest BCUT2D eigenvalue weighted by Crippen LogP contribution is -2.30. The van der Waals surface area contributed by atoms with Crippen molar-refractivity contribution in [2.45, 2.75) is 55.5 Å². The predicted octanol–water partition coefficient (Wildman–Crippen LogP) is 4.94. The number of thioether (sulfide) groups is 1. The van der Waals surface area contributed by atoms with Crippen molar-refractivity contribution in [2.75, 3.05) is 12.4 Å². The monoisotopic (exact) mass is 482 g/mol. The number of hydrogen-bond acceptors (Lipinski definition) is 7. The molecule has 1 fully saturated rings. The number of anilines is 1. The smallest absolute Gasteiger partial charge is 0.271 e. The van der Waals surface area contributed by atoms with Crippen LogP contribution in [-0.2, 0) is 4.79 Å². The number of para-hydroxylation sites is 1. The molecule has 178 valence electrons. The Morgan fingerprint density at radius 1 is 1.24 bits per heavy atom. The lowest BCUT2D eigenvalue weighted by molar-refractivity contribution is -0.384. The standard InChI is InChI=1S/C24H26N4O5S/c1-15(22(29)25-20-14-17(28(31)32)12-13-21(20)33-2)34-24-26-19-11-7-6-10-18(19)23(30)27(24)16-8-4-3-5-9-16/h6-7,10-16H,3-5,8-9H2,1-2H3,(H,25,29). The lowest BCUT2D eigenvalue weighted by atomic mass is 9.95. The van der Waals surface area contributed by atoms with E-state index in [1.165, 1.54) is 37.1 Å². The van der Waals surface area contributed by atoms with Crippen LogP contribution in [0.5, 0.6) is 5.75 Å². The predicted molar refractivity (Wildman–Crippen MR) is 132 cm³/mol. The van der Waals surface area contributed by atoms with E-state index >= 15 is 0 Å². The van der Waals surface area contributed by atoms with Gasteiger partial charge in [-0.25, -0.2) is 4.98 Å². The van der Waals surface area contributed by atoms with Crippen LogP contribution >= 0.6 is 11.8 Å². The highest BCUT2D eigenvalue weighted by Crippen LogP contribution is 2.34. The van der Waals surface area contributed by atoms with E-state index in [2.05, 4.69) is 5.32 Å². The number of nitrogens with one attached hydrogen (secondary N) is 1. The Labute approximate surface area is 200 Å². The normalized spacial score (nSPS) is 15.1. The quantitative estimate of drug-likeness (QED) is 0.219. The second-order valence-corrected chi connectivity index (χ2v) is 9.58. The highest BCUT2D eigenvalue weighted by Gasteiger charge is 2.25. The molecule has 1 atom stereocenters. The van der Waals surface area contributed by atoms with Gasteiger partial charge in [-0.05, 0) is 38.0 Å². The largest absolute Gasteiger partial charge is 0.495 e. The number of rotatable bonds is 7. The Bertz CT molecular complexity index is 1290. The van der Waals surface area contributed by atoms with E-state index < -0.39 is 10.2 Å². The first-order valence-electron chi connectivity index (χ1n) is 11.2. The zero-order valence-corrected chi connectivity index (χ0v) is 19.8. The van der Waals surface area contributed by atoms with Crippen molar-refractivity contribution in [3.8, 4) is 5.75 Å². The summed E-state index contributed by atoms with van der Waals surface area (Å²) in [6, 6.07) is 11.3. The molecule has 0 saturated heterocycles. The summed E-state index contributed by atoms with van der Waals surface area (Å²) in [5.41, 5.74) is 0.562. The summed E-state index contributed by atoms with van der Waals surface area (Å²) in [5, 5.41) is 14.3. The molecule has 4 rings (SSSR count). The van der Waals surface area contributed by atoms with Crippen molar-refractivity contribution >= 4 is 39.9 Å². The molecule has 1 N–H and O–H groups in total. The average Bonchev–Trinajstić information content (AvgIpc) is 2.84. The van der Waals surface area contributed by atoms with Crippen molar-refractivity contribution in [1.29, 1.82) is 0 Å². The number of fused-ring (bicyclic) bond motifs is 1. The van der Waals surface area contributed by atoms with E-state index in [1.807, 2.05) is 12.1 Å². The zero-order valence-electron chi connectivity index (χ0n) is 19.0. The van der Waals surface area contributed by atoms with Gasteiger partial charge in [0.25, 0.3) is 11.2 Å². The number of carbonyl (C=O) groups excluding carboxylic acids is 1. The molecule has 1 aliphatic carbocycles. The van der Waals surface area contributed by atoms with Gasteiger partial charge < -0.3 is 10.1 Å². The first kappa shape index (κ1) is 23.7. The van der Waals surface area contributed by atoms with Crippen LogP contribution in [0.2, 0.25) is 0 Å². The van der Waals surface area contributed by atoms with Crippen LogP contribution in [0.3, 0.4) is 0 Å². The van der Waals surface area contributed by atoms with Gasteiger partial charge in [-0.15, -0.1) is 0 Å². The van der Waals surface area contributed by atoms with Crippen molar-refractivity contribution < 1.29 is 14.5 Å². The molecule has 1 unspecified atom stereocenters. The Morgan fingerprint density at radius 3 is 2.68 bits per heavy atom. The van der Waals surface area contributed by atoms with Crippen LogP contribution in [-0.4, -0.2) is 32.7 Å². The maximum absolute atomic E-state index is 13.4. The summed E-state index contributed by atoms with van der Waals surface area (Å²) >= 11 is 1.21. The molecular weight excluding hydrogens is 456 g/mol. The maximum Gasteiger partial charge on any atom is 0.271 e. The number of nitro groups is 1. The van der Waals surface area contributed by atoms with Crippen LogP contribution in [0.15, 0.2) is 52.4 Å². The third kappa shape index (κ3) is 4.91. The number of methoxy groups -OCH3 is 1. The molecule has 1 saturated carbocycles. The zero-order chi connectivity index (χ0) is 24.2. The average molecular weight is 483 g/mol. The third-order valence-corrected chi connectivity index (χ3v) is 7.08. The number of nitrogens with zero attached hydrogens (tertiary/aromatic N) is 3. The molecule has 0 aliphatic heterocycles. The molecule has 1 aliphatic rings. The SMILES string of the molecule is COc1ccc([N+](=O)[O-])cc1NC(=O)C(C)Sc1nc2ccccc2c(=O)n1C1CCCCC1. The Kier molecular flexibility index (Phi) is 7.16. The summed E-state index contributed by atoms with van der Waals surface area (Å²) in [4.78, 5) is 41.8. The second-order valence-electron chi connectivity index (χ2n) is 8.27. The maximum atomic E-state index is 13.4. The summed E-state index contributed by atoms with van der Waals surface area (Å²) in [7, 11) is 1.43. The fourth-order valence-electron chi connectivity index (χ4n) is 4.22. The minimum Gasteiger partial charge on any atom is -0.495 e. The van der Waals surface area contributed by atoms with Gasteiger partial charge in [0.2, 0.25) is 5.91 Å². The van der Waals surface area contributed by atoms with Gasteiger partial charge in [-0.1, -0.05) is 43.2 Å². The van der Waals surface area contributed by atoms with E-state index in [9.17, 15) is 19.7 Å². The fourth-order valence-corrected chi connectivity index (χ4v) is 5.20. The summed E-state index contributed by atoms with van der Waals surface area (Å²) in [5.74, 6) is -0.0551. The minimum absolute atomic E-state index is 0.0491. The van der Waals surface area contributed by atoms with E-state index in [-0.39, 0.29) is 28.9 Å². The number of carbonyl (C=O) groups is 1. The molecule has 2 aromatic carbocycles. The van der Waals surface area contributed by atoms with E-state index in [4.69, 9.17) is 9.72 Å². The minimum atomic E-state index is -0.619. The van der Waals surface area contributed by atoms with Gasteiger partial charge >= 0.3 is 0 Å². The number of aromatic nitrogens is 2. The first-order valence-corrected chi connectivity index (χ1v) is 12.1. The molecule has 3 aromatic rings. The number of benzene rings is 2. The lowest BCUT2D eigenvalue weighted by Gasteiger charge is -2.26. The van der Waals surface area contributed by atoms with Gasteiger partial charge in [0.05, 0.1) is 33.9 Å². The molecule has 1 amide bonds. The molecule has 1 aromatic heterocycles. The van der Waals surface area contributed by atoms with Crippen LogP contribution in [0, 0.1) is 10.1 Å². The highest BCUT2D eigenvalue weighted by atomic mass is 32.2. The third-order valence-electron chi connectivity index (χ3n) is 6.02. The molecule has 0 spiro atoms. The van der Waals surface area contributed by atoms with E-state index in [0.29, 0.717) is 21.8 Å². The van der Waals surface area contributed by atoms with Crippen molar-refractivity contribution in [3.63, 3.8) is 0 Å². The highest BCUT2D eigenvalue weighted by molar-refractivity contribution is 8.00. The molecule has 9 nitrogen and oxygen atoms in total. The molecule has 10 heteroatoms. The Balaban J connectivity index is 1.64. The fraction of sp³-hybridized carbons (Fsp3) is 0.375. The topological polar surface area (TPSA) is 116 Å². The Morgan fingerprint density at radius 2 is 1.97 bits per heavy atom. The Hall–Kier alpha value is -3.40. The summed E-state index contributed by atoms with van der Waals surface area (Å²) in [6.45, 7) is 1.72.